The van der Waals surface area contributed by atoms with Crippen LogP contribution in [0.2, 0.25) is 0 Å². The van der Waals surface area contributed by atoms with E-state index >= 15 is 0 Å². The van der Waals surface area contributed by atoms with Gasteiger partial charge >= 0.3 is 6.18 Å². The van der Waals surface area contributed by atoms with E-state index in [0.717, 1.165) is 17.3 Å². The van der Waals surface area contributed by atoms with Crippen LogP contribution in [0.15, 0.2) is 24.4 Å². The third-order valence-electron chi connectivity index (χ3n) is 3.74. The maximum atomic E-state index is 13.2. The number of hydrogen-bond acceptors (Lipinski definition) is 3. The zero-order valence-corrected chi connectivity index (χ0v) is 14.2. The molecule has 0 fully saturated rings. The van der Waals surface area contributed by atoms with Crippen LogP contribution in [0.4, 0.5) is 13.2 Å². The van der Waals surface area contributed by atoms with Gasteiger partial charge in [-0.2, -0.15) is 18.3 Å². The van der Waals surface area contributed by atoms with E-state index in [4.69, 9.17) is 4.74 Å². The summed E-state index contributed by atoms with van der Waals surface area (Å²) in [5, 5.41) is 7.48. The molecule has 0 bridgehead atoms. The Hall–Kier alpha value is -2.02. The second-order valence-electron chi connectivity index (χ2n) is 5.99. The number of ether oxygens (including phenoxy) is 1. The Morgan fingerprint density at radius 2 is 1.88 bits per heavy atom. The lowest BCUT2D eigenvalue weighted by Crippen LogP contribution is -2.18. The summed E-state index contributed by atoms with van der Waals surface area (Å²) in [6.45, 7) is 4.66. The van der Waals surface area contributed by atoms with Crippen LogP contribution in [0.25, 0.3) is 0 Å². The fourth-order valence-electron chi connectivity index (χ4n) is 2.61. The lowest BCUT2D eigenvalue weighted by molar-refractivity contribution is -0.138. The van der Waals surface area contributed by atoms with Crippen molar-refractivity contribution >= 4 is 0 Å². The summed E-state index contributed by atoms with van der Waals surface area (Å²) in [4.78, 5) is 0. The zero-order chi connectivity index (χ0) is 17.9. The van der Waals surface area contributed by atoms with Crippen LogP contribution in [0.3, 0.4) is 0 Å². The van der Waals surface area contributed by atoms with Crippen molar-refractivity contribution in [2.24, 2.45) is 7.05 Å². The molecule has 0 saturated heterocycles. The minimum absolute atomic E-state index is 0.116. The molecule has 1 heterocycles. The summed E-state index contributed by atoms with van der Waals surface area (Å²) in [6, 6.07) is 4.01. The van der Waals surface area contributed by atoms with Crippen LogP contribution in [0.5, 0.6) is 5.75 Å². The SMILES string of the molecule is COc1ccc(CNCc2cn(C)nc2C(C)C)c(C(F)(F)F)c1. The first kappa shape index (κ1) is 18.3. The lowest BCUT2D eigenvalue weighted by atomic mass is 10.1. The van der Waals surface area contributed by atoms with E-state index in [9.17, 15) is 13.2 Å². The molecule has 0 saturated carbocycles. The first-order valence-electron chi connectivity index (χ1n) is 7.69. The van der Waals surface area contributed by atoms with Crippen LogP contribution in [0.1, 0.15) is 42.1 Å². The second-order valence-corrected chi connectivity index (χ2v) is 5.99. The van der Waals surface area contributed by atoms with E-state index in [1.165, 1.54) is 19.2 Å². The van der Waals surface area contributed by atoms with Crippen molar-refractivity contribution in [3.63, 3.8) is 0 Å². The molecule has 0 atom stereocenters. The van der Waals surface area contributed by atoms with Crippen molar-refractivity contribution < 1.29 is 17.9 Å². The zero-order valence-electron chi connectivity index (χ0n) is 14.2. The summed E-state index contributed by atoms with van der Waals surface area (Å²) in [6.07, 6.45) is -2.52. The predicted molar refractivity (Wildman–Crippen MR) is 85.8 cm³/mol. The number of halogens is 3. The molecule has 0 aliphatic carbocycles. The normalized spacial score (nSPS) is 12.0. The molecule has 0 spiro atoms. The Morgan fingerprint density at radius 3 is 2.46 bits per heavy atom. The standard InChI is InChI=1S/C17H22F3N3O/c1-11(2)16-13(10-23(3)22-16)9-21-8-12-5-6-14(24-4)7-15(12)17(18,19)20/h5-7,10-11,21H,8-9H2,1-4H3. The van der Waals surface area contributed by atoms with Crippen molar-refractivity contribution in [2.45, 2.75) is 39.0 Å². The van der Waals surface area contributed by atoms with Crippen molar-refractivity contribution in [3.8, 4) is 5.75 Å². The molecule has 1 N–H and O–H groups in total. The minimum Gasteiger partial charge on any atom is -0.497 e. The smallest absolute Gasteiger partial charge is 0.416 e. The van der Waals surface area contributed by atoms with E-state index in [1.54, 1.807) is 4.68 Å². The molecule has 132 valence electrons. The Morgan fingerprint density at radius 1 is 1.21 bits per heavy atom. The summed E-state index contributed by atoms with van der Waals surface area (Å²) in [7, 11) is 3.18. The highest BCUT2D eigenvalue weighted by molar-refractivity contribution is 5.37. The van der Waals surface area contributed by atoms with Crippen molar-refractivity contribution in [2.75, 3.05) is 7.11 Å². The summed E-state index contributed by atoms with van der Waals surface area (Å²) in [5.74, 6) is 0.454. The number of nitrogens with one attached hydrogen (secondary N) is 1. The van der Waals surface area contributed by atoms with Gasteiger partial charge in [0.15, 0.2) is 0 Å². The third-order valence-corrected chi connectivity index (χ3v) is 3.74. The van der Waals surface area contributed by atoms with E-state index in [-0.39, 0.29) is 23.8 Å². The van der Waals surface area contributed by atoms with Gasteiger partial charge in [-0.15, -0.1) is 0 Å². The highest BCUT2D eigenvalue weighted by Gasteiger charge is 2.33. The fourth-order valence-corrected chi connectivity index (χ4v) is 2.61. The average Bonchev–Trinajstić information content (AvgIpc) is 2.87. The lowest BCUT2D eigenvalue weighted by Gasteiger charge is -2.15. The molecule has 2 rings (SSSR count). The van der Waals surface area contributed by atoms with Gasteiger partial charge in [-0.3, -0.25) is 4.68 Å². The van der Waals surface area contributed by atoms with Gasteiger partial charge in [-0.1, -0.05) is 19.9 Å². The number of benzene rings is 1. The molecule has 1 aromatic carbocycles. The average molecular weight is 341 g/mol. The van der Waals surface area contributed by atoms with Gasteiger partial charge in [0.1, 0.15) is 5.75 Å². The molecule has 0 unspecified atom stereocenters. The molecular weight excluding hydrogens is 319 g/mol. The largest absolute Gasteiger partial charge is 0.497 e. The molecule has 0 radical (unpaired) electrons. The maximum absolute atomic E-state index is 13.2. The quantitative estimate of drug-likeness (QED) is 0.867. The Balaban J connectivity index is 2.13. The molecule has 0 aliphatic rings. The van der Waals surface area contributed by atoms with E-state index in [0.29, 0.717) is 6.54 Å². The highest BCUT2D eigenvalue weighted by atomic mass is 19.4. The number of methoxy groups -OCH3 is 1. The van der Waals surface area contributed by atoms with E-state index in [2.05, 4.69) is 10.4 Å². The summed E-state index contributed by atoms with van der Waals surface area (Å²) in [5.41, 5.74) is 1.47. The highest BCUT2D eigenvalue weighted by Crippen LogP contribution is 2.34. The van der Waals surface area contributed by atoms with Gasteiger partial charge in [-0.25, -0.2) is 0 Å². The van der Waals surface area contributed by atoms with E-state index in [1.807, 2.05) is 27.1 Å². The molecule has 0 amide bonds. The van der Waals surface area contributed by atoms with Crippen LogP contribution >= 0.6 is 0 Å². The van der Waals surface area contributed by atoms with Crippen LogP contribution in [-0.2, 0) is 26.3 Å². The minimum atomic E-state index is -4.41. The van der Waals surface area contributed by atoms with Gasteiger partial charge < -0.3 is 10.1 Å². The number of aryl methyl sites for hydroxylation is 1. The van der Waals surface area contributed by atoms with Gasteiger partial charge in [-0.05, 0) is 23.6 Å². The molecular formula is C17H22F3N3O. The molecule has 7 heteroatoms. The molecule has 24 heavy (non-hydrogen) atoms. The number of hydrogen-bond donors (Lipinski definition) is 1. The maximum Gasteiger partial charge on any atom is 0.416 e. The van der Waals surface area contributed by atoms with Crippen LogP contribution < -0.4 is 10.1 Å². The Bertz CT molecular complexity index is 693. The molecule has 0 aliphatic heterocycles. The second kappa shape index (κ2) is 7.25. The van der Waals surface area contributed by atoms with E-state index < -0.39 is 11.7 Å². The topological polar surface area (TPSA) is 39.1 Å². The summed E-state index contributed by atoms with van der Waals surface area (Å²) < 4.78 is 46.2. The van der Waals surface area contributed by atoms with Crippen molar-refractivity contribution in [1.29, 1.82) is 0 Å². The first-order chi connectivity index (χ1) is 11.2. The predicted octanol–water partition coefficient (Wildman–Crippen LogP) is 3.86. The first-order valence-corrected chi connectivity index (χ1v) is 7.69. The summed E-state index contributed by atoms with van der Waals surface area (Å²) >= 11 is 0. The Kier molecular flexibility index (Phi) is 5.54. The van der Waals surface area contributed by atoms with Crippen molar-refractivity contribution in [1.82, 2.24) is 15.1 Å². The molecule has 1 aromatic heterocycles. The van der Waals surface area contributed by atoms with Gasteiger partial charge in [0.25, 0.3) is 0 Å². The fraction of sp³-hybridized carbons (Fsp3) is 0.471. The number of nitrogens with zero attached hydrogens (tertiary/aromatic N) is 2. The van der Waals surface area contributed by atoms with Crippen molar-refractivity contribution in [3.05, 3.63) is 46.8 Å². The number of rotatable bonds is 6. The molecule has 2 aromatic rings. The monoisotopic (exact) mass is 341 g/mol. The van der Waals surface area contributed by atoms with Gasteiger partial charge in [0, 0.05) is 31.9 Å². The van der Waals surface area contributed by atoms with Crippen LogP contribution in [-0.4, -0.2) is 16.9 Å². The van der Waals surface area contributed by atoms with Gasteiger partial charge in [0.2, 0.25) is 0 Å². The number of alkyl halides is 3. The van der Waals surface area contributed by atoms with Crippen LogP contribution in [0, 0.1) is 0 Å². The van der Waals surface area contributed by atoms with Gasteiger partial charge in [0.05, 0.1) is 18.4 Å². The molecule has 4 nitrogen and oxygen atoms in total. The number of aromatic nitrogens is 2. The Labute approximate surface area is 139 Å². The third kappa shape index (κ3) is 4.29.